The Kier molecular flexibility index (Phi) is 6.37. The van der Waals surface area contributed by atoms with Crippen molar-refractivity contribution >= 4 is 0 Å². The summed E-state index contributed by atoms with van der Waals surface area (Å²) >= 11 is 0. The Labute approximate surface area is 103 Å². The van der Waals surface area contributed by atoms with Gasteiger partial charge in [-0.3, -0.25) is 0 Å². The number of aliphatic hydroxyl groups is 1. The van der Waals surface area contributed by atoms with Crippen LogP contribution in [-0.4, -0.2) is 62.4 Å². The normalized spacial score (nSPS) is 23.6. The van der Waals surface area contributed by atoms with E-state index in [0.717, 1.165) is 0 Å². The molecular weight excluding hydrogens is 222 g/mol. The van der Waals surface area contributed by atoms with Crippen molar-refractivity contribution in [3.05, 3.63) is 0 Å². The van der Waals surface area contributed by atoms with Crippen molar-refractivity contribution in [1.29, 1.82) is 0 Å². The summed E-state index contributed by atoms with van der Waals surface area (Å²) in [6.07, 6.45) is -0.391. The molecule has 0 spiro atoms. The summed E-state index contributed by atoms with van der Waals surface area (Å²) in [4.78, 5) is 0. The van der Waals surface area contributed by atoms with Gasteiger partial charge in [-0.15, -0.1) is 0 Å². The number of aliphatic hydroxyl groups excluding tert-OH is 1. The molecule has 0 aliphatic carbocycles. The number of ether oxygens (including phenoxy) is 3. The van der Waals surface area contributed by atoms with E-state index in [4.69, 9.17) is 14.2 Å². The zero-order valence-corrected chi connectivity index (χ0v) is 11.1. The highest BCUT2D eigenvalue weighted by atomic mass is 16.6. The van der Waals surface area contributed by atoms with E-state index in [1.807, 2.05) is 20.8 Å². The molecule has 0 aromatic carbocycles. The van der Waals surface area contributed by atoms with Crippen LogP contribution >= 0.6 is 0 Å². The number of nitrogens with one attached hydrogen (secondary N) is 1. The van der Waals surface area contributed by atoms with E-state index in [9.17, 15) is 5.11 Å². The highest BCUT2D eigenvalue weighted by molar-refractivity contribution is 4.68. The first-order chi connectivity index (χ1) is 7.97. The summed E-state index contributed by atoms with van der Waals surface area (Å²) in [5.74, 6) is 0. The average Bonchev–Trinajstić information content (AvgIpc) is 2.27. The minimum atomic E-state index is -0.487. The predicted octanol–water partition coefficient (Wildman–Crippen LogP) is 0.167. The molecule has 2 unspecified atom stereocenters. The van der Waals surface area contributed by atoms with Gasteiger partial charge in [-0.05, 0) is 20.8 Å². The van der Waals surface area contributed by atoms with E-state index in [1.54, 1.807) is 0 Å². The van der Waals surface area contributed by atoms with Crippen molar-refractivity contribution in [3.8, 4) is 0 Å². The highest BCUT2D eigenvalue weighted by Gasteiger charge is 2.16. The maximum atomic E-state index is 9.68. The quantitative estimate of drug-likeness (QED) is 0.700. The first-order valence-corrected chi connectivity index (χ1v) is 6.19. The summed E-state index contributed by atoms with van der Waals surface area (Å²) in [5, 5.41) is 12.8. The maximum Gasteiger partial charge on any atom is 0.0933 e. The van der Waals surface area contributed by atoms with Crippen LogP contribution in [0.2, 0.25) is 0 Å². The van der Waals surface area contributed by atoms with Crippen molar-refractivity contribution < 1.29 is 19.3 Å². The molecule has 1 fully saturated rings. The van der Waals surface area contributed by atoms with Crippen LogP contribution in [-0.2, 0) is 14.2 Å². The smallest absolute Gasteiger partial charge is 0.0933 e. The van der Waals surface area contributed by atoms with Gasteiger partial charge in [-0.25, -0.2) is 0 Å². The van der Waals surface area contributed by atoms with Gasteiger partial charge >= 0.3 is 0 Å². The third kappa shape index (κ3) is 7.68. The number of hydrogen-bond donors (Lipinski definition) is 2. The fraction of sp³-hybridized carbons (Fsp3) is 1.00. The Morgan fingerprint density at radius 2 is 2.18 bits per heavy atom. The molecule has 1 rings (SSSR count). The van der Waals surface area contributed by atoms with Gasteiger partial charge in [-0.2, -0.15) is 0 Å². The SMILES string of the molecule is CC(C)(C)OCC(O)CNCC1COCCO1. The summed E-state index contributed by atoms with van der Waals surface area (Å²) in [5.41, 5.74) is -0.207. The first kappa shape index (κ1) is 14.9. The highest BCUT2D eigenvalue weighted by Crippen LogP contribution is 2.06. The molecule has 0 aromatic rings. The molecule has 1 aliphatic heterocycles. The van der Waals surface area contributed by atoms with Crippen LogP contribution in [0.15, 0.2) is 0 Å². The molecule has 17 heavy (non-hydrogen) atoms. The average molecular weight is 247 g/mol. The topological polar surface area (TPSA) is 60.0 Å². The second-order valence-corrected chi connectivity index (χ2v) is 5.30. The molecule has 1 aliphatic rings. The lowest BCUT2D eigenvalue weighted by Gasteiger charge is -2.25. The monoisotopic (exact) mass is 247 g/mol. The van der Waals surface area contributed by atoms with Crippen LogP contribution in [0.25, 0.3) is 0 Å². The Hall–Kier alpha value is -0.200. The Morgan fingerprint density at radius 1 is 1.41 bits per heavy atom. The summed E-state index contributed by atoms with van der Waals surface area (Å²) < 4.78 is 16.2. The van der Waals surface area contributed by atoms with E-state index in [2.05, 4.69) is 5.32 Å². The van der Waals surface area contributed by atoms with E-state index in [1.165, 1.54) is 0 Å². The van der Waals surface area contributed by atoms with Gasteiger partial charge in [0.2, 0.25) is 0 Å². The van der Waals surface area contributed by atoms with Crippen molar-refractivity contribution in [2.45, 2.75) is 38.6 Å². The van der Waals surface area contributed by atoms with Gasteiger partial charge in [0.1, 0.15) is 0 Å². The summed E-state index contributed by atoms with van der Waals surface area (Å²) in [7, 11) is 0. The van der Waals surface area contributed by atoms with Gasteiger partial charge in [0, 0.05) is 13.1 Å². The van der Waals surface area contributed by atoms with Crippen LogP contribution < -0.4 is 5.32 Å². The zero-order valence-electron chi connectivity index (χ0n) is 11.1. The van der Waals surface area contributed by atoms with Crippen molar-refractivity contribution in [2.24, 2.45) is 0 Å². The van der Waals surface area contributed by atoms with E-state index < -0.39 is 6.10 Å². The third-order valence-corrected chi connectivity index (χ3v) is 2.35. The van der Waals surface area contributed by atoms with Crippen LogP contribution in [0.1, 0.15) is 20.8 Å². The molecule has 0 aromatic heterocycles. The Morgan fingerprint density at radius 3 is 2.76 bits per heavy atom. The molecule has 2 N–H and O–H groups in total. The van der Waals surface area contributed by atoms with Gasteiger partial charge < -0.3 is 24.6 Å². The second-order valence-electron chi connectivity index (χ2n) is 5.30. The molecule has 5 heteroatoms. The zero-order chi connectivity index (χ0) is 12.7. The Bertz CT molecular complexity index is 199. The van der Waals surface area contributed by atoms with Crippen molar-refractivity contribution in [1.82, 2.24) is 5.32 Å². The first-order valence-electron chi connectivity index (χ1n) is 6.19. The molecule has 102 valence electrons. The number of rotatable bonds is 6. The molecule has 0 radical (unpaired) electrons. The van der Waals surface area contributed by atoms with Crippen LogP contribution in [0.3, 0.4) is 0 Å². The molecule has 0 saturated carbocycles. The van der Waals surface area contributed by atoms with Crippen LogP contribution in [0.4, 0.5) is 0 Å². The molecule has 0 bridgehead atoms. The van der Waals surface area contributed by atoms with Crippen molar-refractivity contribution in [2.75, 3.05) is 39.5 Å². The van der Waals surface area contributed by atoms with Crippen molar-refractivity contribution in [3.63, 3.8) is 0 Å². The van der Waals surface area contributed by atoms with Gasteiger partial charge in [-0.1, -0.05) is 0 Å². The van der Waals surface area contributed by atoms with Gasteiger partial charge in [0.15, 0.2) is 0 Å². The van der Waals surface area contributed by atoms with Gasteiger partial charge in [0.05, 0.1) is 44.2 Å². The van der Waals surface area contributed by atoms with E-state index in [0.29, 0.717) is 39.5 Å². The standard InChI is InChI=1S/C12H25NO4/c1-12(2,3)17-8-10(14)6-13-7-11-9-15-4-5-16-11/h10-11,13-14H,4-9H2,1-3H3. The van der Waals surface area contributed by atoms with Crippen LogP contribution in [0, 0.1) is 0 Å². The largest absolute Gasteiger partial charge is 0.389 e. The third-order valence-electron chi connectivity index (χ3n) is 2.35. The Balaban J connectivity index is 2.01. The summed E-state index contributed by atoms with van der Waals surface area (Å²) in [6.45, 7) is 9.43. The van der Waals surface area contributed by atoms with Gasteiger partial charge in [0.25, 0.3) is 0 Å². The fourth-order valence-corrected chi connectivity index (χ4v) is 1.47. The minimum Gasteiger partial charge on any atom is -0.389 e. The van der Waals surface area contributed by atoms with E-state index in [-0.39, 0.29) is 11.7 Å². The molecule has 2 atom stereocenters. The second kappa shape index (κ2) is 7.28. The fourth-order valence-electron chi connectivity index (χ4n) is 1.47. The lowest BCUT2D eigenvalue weighted by molar-refractivity contribution is -0.0880. The van der Waals surface area contributed by atoms with Crippen LogP contribution in [0.5, 0.6) is 0 Å². The lowest BCUT2D eigenvalue weighted by Crippen LogP contribution is -2.41. The lowest BCUT2D eigenvalue weighted by atomic mass is 10.2. The predicted molar refractivity (Wildman–Crippen MR) is 65.1 cm³/mol. The van der Waals surface area contributed by atoms with E-state index >= 15 is 0 Å². The molecule has 1 saturated heterocycles. The molecule has 0 amide bonds. The minimum absolute atomic E-state index is 0.0967. The molecule has 5 nitrogen and oxygen atoms in total. The maximum absolute atomic E-state index is 9.68. The number of hydrogen-bond acceptors (Lipinski definition) is 5. The molecular formula is C12H25NO4. The summed E-state index contributed by atoms with van der Waals surface area (Å²) in [6, 6.07) is 0. The molecule has 1 heterocycles.